The van der Waals surface area contributed by atoms with Crippen molar-refractivity contribution in [2.24, 2.45) is 0 Å². The Labute approximate surface area is 217 Å². The average molecular weight is 509 g/mol. The summed E-state index contributed by atoms with van der Waals surface area (Å²) >= 11 is 5.87. The van der Waals surface area contributed by atoms with Crippen LogP contribution in [0, 0.1) is 6.92 Å². The zero-order valence-electron chi connectivity index (χ0n) is 21.6. The second kappa shape index (κ2) is 9.62. The lowest BCUT2D eigenvalue weighted by atomic mass is 9.78. The van der Waals surface area contributed by atoms with E-state index >= 15 is 0 Å². The van der Waals surface area contributed by atoms with E-state index in [2.05, 4.69) is 62.3 Å². The minimum atomic E-state index is -0.616. The molecule has 0 saturated carbocycles. The van der Waals surface area contributed by atoms with Crippen LogP contribution in [0.4, 0.5) is 16.2 Å². The molecule has 2 N–H and O–H groups in total. The fourth-order valence-corrected chi connectivity index (χ4v) is 5.62. The van der Waals surface area contributed by atoms with Gasteiger partial charge in [-0.2, -0.15) is 0 Å². The lowest BCUT2D eigenvalue weighted by Crippen LogP contribution is -2.51. The van der Waals surface area contributed by atoms with Gasteiger partial charge < -0.3 is 15.5 Å². The molecule has 1 saturated heterocycles. The number of halogens is 1. The van der Waals surface area contributed by atoms with Gasteiger partial charge in [-0.05, 0) is 106 Å². The van der Waals surface area contributed by atoms with Gasteiger partial charge in [-0.3, -0.25) is 9.59 Å². The molecule has 1 unspecified atom stereocenters. The van der Waals surface area contributed by atoms with Crippen LogP contribution in [-0.2, 0) is 9.59 Å². The Balaban J connectivity index is 1.56. The van der Waals surface area contributed by atoms with E-state index in [1.807, 2.05) is 6.92 Å². The summed E-state index contributed by atoms with van der Waals surface area (Å²) in [7, 11) is 0. The first-order valence-electron chi connectivity index (χ1n) is 12.2. The molecule has 8 heteroatoms. The van der Waals surface area contributed by atoms with Crippen molar-refractivity contribution in [3.8, 4) is 0 Å². The molecule has 0 spiro atoms. The van der Waals surface area contributed by atoms with Crippen molar-refractivity contribution >= 4 is 46.9 Å². The summed E-state index contributed by atoms with van der Waals surface area (Å²) < 4.78 is 0. The summed E-state index contributed by atoms with van der Waals surface area (Å²) in [5.74, 6) is -0.650. The van der Waals surface area contributed by atoms with E-state index in [1.54, 1.807) is 30.3 Å². The molecule has 1 fully saturated rings. The molecule has 0 bridgehead atoms. The minimum absolute atomic E-state index is 0.0372. The molecule has 0 aromatic heterocycles. The van der Waals surface area contributed by atoms with E-state index in [-0.39, 0.29) is 17.8 Å². The third-order valence-corrected chi connectivity index (χ3v) is 7.12. The number of carbonyl (C=O) groups excluding carboxylic acids is 3. The minimum Gasteiger partial charge on any atom is -0.364 e. The molecular formula is C28H33ClN4O3. The molecule has 2 aliphatic rings. The molecule has 2 aromatic carbocycles. The Morgan fingerprint density at radius 2 is 1.89 bits per heavy atom. The average Bonchev–Trinajstić information content (AvgIpc) is 3.03. The number of anilines is 2. The zero-order valence-corrected chi connectivity index (χ0v) is 22.4. The second-order valence-corrected chi connectivity index (χ2v) is 11.0. The maximum Gasteiger partial charge on any atom is 0.329 e. The van der Waals surface area contributed by atoms with Gasteiger partial charge in [-0.1, -0.05) is 18.5 Å². The Morgan fingerprint density at radius 1 is 1.22 bits per heavy atom. The molecule has 4 rings (SSSR count). The van der Waals surface area contributed by atoms with Crippen LogP contribution in [-0.4, -0.2) is 40.9 Å². The number of amides is 4. The molecule has 36 heavy (non-hydrogen) atoms. The number of fused-ring (bicyclic) bond motifs is 1. The predicted molar refractivity (Wildman–Crippen MR) is 144 cm³/mol. The number of rotatable bonds is 5. The highest BCUT2D eigenvalue weighted by molar-refractivity contribution is 6.30. The summed E-state index contributed by atoms with van der Waals surface area (Å²) in [6, 6.07) is 10.6. The van der Waals surface area contributed by atoms with Crippen molar-refractivity contribution in [3.63, 3.8) is 0 Å². The molecule has 0 aliphatic carbocycles. The van der Waals surface area contributed by atoms with E-state index in [9.17, 15) is 14.4 Å². The van der Waals surface area contributed by atoms with Gasteiger partial charge in [-0.25, -0.2) is 9.69 Å². The fourth-order valence-electron chi connectivity index (χ4n) is 5.49. The van der Waals surface area contributed by atoms with Crippen LogP contribution in [0.3, 0.4) is 0 Å². The van der Waals surface area contributed by atoms with E-state index in [0.717, 1.165) is 22.4 Å². The molecule has 0 radical (unpaired) electrons. The number of nitrogens with zero attached hydrogens (tertiary/aromatic N) is 2. The van der Waals surface area contributed by atoms with E-state index in [4.69, 9.17) is 11.6 Å². The van der Waals surface area contributed by atoms with Gasteiger partial charge in [0, 0.05) is 28.0 Å². The lowest BCUT2D eigenvalue weighted by molar-refractivity contribution is -0.127. The quantitative estimate of drug-likeness (QED) is 0.402. The number of aryl methyl sites for hydroxylation is 1. The van der Waals surface area contributed by atoms with Gasteiger partial charge in [0.05, 0.1) is 0 Å². The molecule has 7 nitrogen and oxygen atoms in total. The normalized spacial score (nSPS) is 20.1. The largest absolute Gasteiger partial charge is 0.364 e. The Morgan fingerprint density at radius 3 is 2.53 bits per heavy atom. The zero-order chi connectivity index (χ0) is 26.4. The van der Waals surface area contributed by atoms with Crippen LogP contribution >= 0.6 is 11.6 Å². The summed E-state index contributed by atoms with van der Waals surface area (Å²) in [5.41, 5.74) is 5.07. The van der Waals surface area contributed by atoms with Gasteiger partial charge in [0.2, 0.25) is 5.91 Å². The molecule has 4 amide bonds. The van der Waals surface area contributed by atoms with Gasteiger partial charge in [-0.15, -0.1) is 0 Å². The second-order valence-electron chi connectivity index (χ2n) is 10.6. The first-order valence-corrected chi connectivity index (χ1v) is 12.6. The van der Waals surface area contributed by atoms with Crippen LogP contribution in [0.2, 0.25) is 5.02 Å². The molecule has 2 aliphatic heterocycles. The van der Waals surface area contributed by atoms with Crippen molar-refractivity contribution in [2.75, 3.05) is 16.8 Å². The van der Waals surface area contributed by atoms with Gasteiger partial charge in [0.25, 0.3) is 5.91 Å². The molecule has 190 valence electrons. The SMILES string of the molecule is Cc1cc2c(cc1/C=C1\NC(=O)N(CC(=O)Nc3ccc(Cl)cc3)C1=O)C(C)CC(C)(C)N2C(C)C. The predicted octanol–water partition coefficient (Wildman–Crippen LogP) is 5.68. The number of benzene rings is 2. The smallest absolute Gasteiger partial charge is 0.329 e. The van der Waals surface area contributed by atoms with Crippen LogP contribution in [0.5, 0.6) is 0 Å². The maximum atomic E-state index is 13.0. The van der Waals surface area contributed by atoms with E-state index in [0.29, 0.717) is 22.7 Å². The van der Waals surface area contributed by atoms with Crippen molar-refractivity contribution in [2.45, 2.75) is 65.5 Å². The third-order valence-electron chi connectivity index (χ3n) is 6.87. The summed E-state index contributed by atoms with van der Waals surface area (Å²) in [5, 5.41) is 5.85. The highest BCUT2D eigenvalue weighted by Gasteiger charge is 2.38. The first-order chi connectivity index (χ1) is 16.9. The summed E-state index contributed by atoms with van der Waals surface area (Å²) in [4.78, 5) is 41.4. The van der Waals surface area contributed by atoms with Crippen LogP contribution in [0.1, 0.15) is 63.6 Å². The van der Waals surface area contributed by atoms with Crippen molar-refractivity contribution in [1.82, 2.24) is 10.2 Å². The third kappa shape index (κ3) is 4.98. The van der Waals surface area contributed by atoms with Gasteiger partial charge in [0.1, 0.15) is 12.2 Å². The van der Waals surface area contributed by atoms with E-state index < -0.39 is 17.8 Å². The van der Waals surface area contributed by atoms with Crippen LogP contribution in [0.15, 0.2) is 42.1 Å². The number of imide groups is 1. The van der Waals surface area contributed by atoms with Gasteiger partial charge in [0.15, 0.2) is 0 Å². The van der Waals surface area contributed by atoms with Crippen molar-refractivity contribution in [3.05, 3.63) is 63.8 Å². The Kier molecular flexibility index (Phi) is 6.88. The molecule has 2 heterocycles. The number of carbonyl (C=O) groups is 3. The number of urea groups is 1. The summed E-state index contributed by atoms with van der Waals surface area (Å²) in [6.45, 7) is 12.8. The molecular weight excluding hydrogens is 476 g/mol. The Hall–Kier alpha value is -3.32. The topological polar surface area (TPSA) is 81.8 Å². The van der Waals surface area contributed by atoms with Crippen LogP contribution in [0.25, 0.3) is 6.08 Å². The monoisotopic (exact) mass is 508 g/mol. The highest BCUT2D eigenvalue weighted by Crippen LogP contribution is 2.45. The van der Waals surface area contributed by atoms with E-state index in [1.165, 1.54) is 11.3 Å². The van der Waals surface area contributed by atoms with Crippen molar-refractivity contribution in [1.29, 1.82) is 0 Å². The van der Waals surface area contributed by atoms with Crippen molar-refractivity contribution < 1.29 is 14.4 Å². The standard InChI is InChI=1S/C28H33ClN4O3/c1-16(2)33-24-11-17(3)19(12-22(24)18(4)14-28(33,5)6)13-23-26(35)32(27(36)31-23)15-25(34)30-21-9-7-20(29)8-10-21/h7-13,16,18H,14-15H2,1-6H3,(H,30,34)(H,31,36)/b23-13-. The number of hydrogen-bond donors (Lipinski definition) is 2. The van der Waals surface area contributed by atoms with Gasteiger partial charge >= 0.3 is 6.03 Å². The first kappa shape index (κ1) is 25.8. The lowest BCUT2D eigenvalue weighted by Gasteiger charge is -2.50. The Bertz CT molecular complexity index is 1250. The maximum absolute atomic E-state index is 13.0. The number of nitrogens with one attached hydrogen (secondary N) is 2. The molecule has 2 aromatic rings. The number of hydrogen-bond acceptors (Lipinski definition) is 4. The highest BCUT2D eigenvalue weighted by atomic mass is 35.5. The fraction of sp³-hybridized carbons (Fsp3) is 0.393. The van der Waals surface area contributed by atoms with Crippen LogP contribution < -0.4 is 15.5 Å². The molecule has 1 atom stereocenters. The summed E-state index contributed by atoms with van der Waals surface area (Å²) in [6.07, 6.45) is 2.72.